The Morgan fingerprint density at radius 2 is 1.86 bits per heavy atom. The second-order valence-electron chi connectivity index (χ2n) is 4.80. The topological polar surface area (TPSA) is 62.2 Å². The van der Waals surface area contributed by atoms with Crippen molar-refractivity contribution in [2.45, 2.75) is 6.92 Å². The monoisotopic (exact) mass is 278 g/mol. The summed E-state index contributed by atoms with van der Waals surface area (Å²) in [7, 11) is 0. The van der Waals surface area contributed by atoms with E-state index in [2.05, 4.69) is 10.3 Å². The maximum atomic E-state index is 12.4. The number of carbonyl (C=O) groups is 1. The van der Waals surface area contributed by atoms with Crippen LogP contribution in [-0.2, 0) is 0 Å². The molecule has 0 saturated carbocycles. The van der Waals surface area contributed by atoms with Crippen molar-refractivity contribution >= 4 is 22.5 Å². The van der Waals surface area contributed by atoms with Gasteiger partial charge in [-0.25, -0.2) is 4.98 Å². The Kier molecular flexibility index (Phi) is 3.28. The number of rotatable bonds is 2. The number of aromatic hydroxyl groups is 1. The molecular formula is C17H14N2O2. The maximum Gasteiger partial charge on any atom is 0.261 e. The molecule has 0 aliphatic heterocycles. The predicted octanol–water partition coefficient (Wildman–Crippen LogP) is 3.50. The summed E-state index contributed by atoms with van der Waals surface area (Å²) in [4.78, 5) is 16.7. The summed E-state index contributed by atoms with van der Waals surface area (Å²) < 4.78 is 0. The second-order valence-corrected chi connectivity index (χ2v) is 4.80. The Bertz CT molecular complexity index is 828. The number of hydrogen-bond donors (Lipinski definition) is 2. The average molecular weight is 278 g/mol. The Morgan fingerprint density at radius 3 is 2.67 bits per heavy atom. The third kappa shape index (κ3) is 2.56. The van der Waals surface area contributed by atoms with E-state index in [1.807, 2.05) is 43.3 Å². The summed E-state index contributed by atoms with van der Waals surface area (Å²) in [6.45, 7) is 1.85. The van der Waals surface area contributed by atoms with E-state index in [9.17, 15) is 9.90 Å². The van der Waals surface area contributed by atoms with Crippen molar-refractivity contribution < 1.29 is 9.90 Å². The number of anilines is 1. The fraction of sp³-hybridized carbons (Fsp3) is 0.0588. The van der Waals surface area contributed by atoms with Gasteiger partial charge in [0.05, 0.1) is 5.56 Å². The Hall–Kier alpha value is -2.88. The van der Waals surface area contributed by atoms with Crippen LogP contribution in [0, 0.1) is 6.92 Å². The van der Waals surface area contributed by atoms with Gasteiger partial charge in [-0.1, -0.05) is 36.4 Å². The van der Waals surface area contributed by atoms with E-state index >= 15 is 0 Å². The summed E-state index contributed by atoms with van der Waals surface area (Å²) in [5, 5.41) is 14.4. The smallest absolute Gasteiger partial charge is 0.261 e. The van der Waals surface area contributed by atoms with Gasteiger partial charge in [0.25, 0.3) is 5.91 Å². The van der Waals surface area contributed by atoms with Crippen LogP contribution in [0.15, 0.2) is 54.6 Å². The van der Waals surface area contributed by atoms with E-state index in [4.69, 9.17) is 0 Å². The molecule has 1 aromatic heterocycles. The van der Waals surface area contributed by atoms with Crippen LogP contribution < -0.4 is 5.32 Å². The molecule has 104 valence electrons. The first-order chi connectivity index (χ1) is 10.1. The Balaban J connectivity index is 2.03. The molecule has 3 aromatic rings. The third-order valence-electron chi connectivity index (χ3n) is 3.26. The molecular weight excluding hydrogens is 264 g/mol. The van der Waals surface area contributed by atoms with Crippen molar-refractivity contribution in [3.8, 4) is 5.75 Å². The number of fused-ring (bicyclic) bond motifs is 1. The van der Waals surface area contributed by atoms with Gasteiger partial charge in [-0.05, 0) is 35.9 Å². The normalized spacial score (nSPS) is 10.5. The Morgan fingerprint density at radius 1 is 1.05 bits per heavy atom. The number of phenols is 1. The second kappa shape index (κ2) is 5.25. The first kappa shape index (κ1) is 13.1. The first-order valence-electron chi connectivity index (χ1n) is 6.61. The van der Waals surface area contributed by atoms with Crippen molar-refractivity contribution in [1.29, 1.82) is 0 Å². The number of benzene rings is 2. The molecule has 4 heteroatoms. The van der Waals surface area contributed by atoms with Crippen molar-refractivity contribution in [2.75, 3.05) is 5.32 Å². The molecule has 0 bridgehead atoms. The van der Waals surface area contributed by atoms with Crippen molar-refractivity contribution in [3.05, 3.63) is 65.9 Å². The standard InChI is InChI=1S/C17H14N2O2/c1-11-5-4-8-15(18-11)19-17(21)16-13-7-3-2-6-12(13)9-10-14(16)20/h2-10,20H,1H3,(H,18,19,21). The van der Waals surface area contributed by atoms with Crippen LogP contribution in [0.3, 0.4) is 0 Å². The minimum absolute atomic E-state index is 0.0427. The molecule has 21 heavy (non-hydrogen) atoms. The van der Waals surface area contributed by atoms with Gasteiger partial charge in [0.1, 0.15) is 11.6 Å². The van der Waals surface area contributed by atoms with Crippen molar-refractivity contribution in [2.24, 2.45) is 0 Å². The van der Waals surface area contributed by atoms with E-state index in [-0.39, 0.29) is 17.2 Å². The molecule has 3 rings (SSSR count). The van der Waals surface area contributed by atoms with E-state index in [0.717, 1.165) is 11.1 Å². The summed E-state index contributed by atoms with van der Waals surface area (Å²) in [5.74, 6) is 0.0496. The molecule has 1 amide bonds. The van der Waals surface area contributed by atoms with Crippen LogP contribution in [0.25, 0.3) is 10.8 Å². The van der Waals surface area contributed by atoms with Gasteiger partial charge in [-0.2, -0.15) is 0 Å². The molecule has 0 atom stereocenters. The lowest BCUT2D eigenvalue weighted by atomic mass is 10.0. The zero-order valence-corrected chi connectivity index (χ0v) is 11.5. The van der Waals surface area contributed by atoms with Gasteiger partial charge in [-0.15, -0.1) is 0 Å². The average Bonchev–Trinajstić information content (AvgIpc) is 2.47. The van der Waals surface area contributed by atoms with Gasteiger partial charge in [0.15, 0.2) is 0 Å². The summed E-state index contributed by atoms with van der Waals surface area (Å²) in [6.07, 6.45) is 0. The van der Waals surface area contributed by atoms with Gasteiger partial charge in [0, 0.05) is 5.69 Å². The predicted molar refractivity (Wildman–Crippen MR) is 82.5 cm³/mol. The summed E-state index contributed by atoms with van der Waals surface area (Å²) in [6, 6.07) is 16.1. The lowest BCUT2D eigenvalue weighted by molar-refractivity contribution is 0.102. The lowest BCUT2D eigenvalue weighted by Crippen LogP contribution is -2.13. The lowest BCUT2D eigenvalue weighted by Gasteiger charge is -2.09. The van der Waals surface area contributed by atoms with Crippen molar-refractivity contribution in [1.82, 2.24) is 4.98 Å². The van der Waals surface area contributed by atoms with Crippen LogP contribution in [0.4, 0.5) is 5.82 Å². The minimum atomic E-state index is -0.373. The quantitative estimate of drug-likeness (QED) is 0.754. The van der Waals surface area contributed by atoms with Crippen LogP contribution in [0.2, 0.25) is 0 Å². The highest BCUT2D eigenvalue weighted by atomic mass is 16.3. The molecule has 4 nitrogen and oxygen atoms in total. The molecule has 1 heterocycles. The van der Waals surface area contributed by atoms with Crippen LogP contribution in [0.5, 0.6) is 5.75 Å². The van der Waals surface area contributed by atoms with E-state index in [1.54, 1.807) is 12.1 Å². The van der Waals surface area contributed by atoms with Crippen molar-refractivity contribution in [3.63, 3.8) is 0 Å². The fourth-order valence-corrected chi connectivity index (χ4v) is 2.29. The number of amides is 1. The molecule has 0 saturated heterocycles. The number of nitrogens with zero attached hydrogens (tertiary/aromatic N) is 1. The fourth-order valence-electron chi connectivity index (χ4n) is 2.29. The highest BCUT2D eigenvalue weighted by Crippen LogP contribution is 2.27. The third-order valence-corrected chi connectivity index (χ3v) is 3.26. The molecule has 2 N–H and O–H groups in total. The first-order valence-corrected chi connectivity index (χ1v) is 6.61. The molecule has 0 aliphatic rings. The van der Waals surface area contributed by atoms with E-state index in [1.165, 1.54) is 6.07 Å². The van der Waals surface area contributed by atoms with Crippen LogP contribution in [0.1, 0.15) is 16.1 Å². The van der Waals surface area contributed by atoms with Gasteiger partial charge < -0.3 is 10.4 Å². The molecule has 0 unspecified atom stereocenters. The van der Waals surface area contributed by atoms with E-state index in [0.29, 0.717) is 11.2 Å². The van der Waals surface area contributed by atoms with Gasteiger partial charge >= 0.3 is 0 Å². The molecule has 0 aliphatic carbocycles. The molecule has 0 fully saturated rings. The highest BCUT2D eigenvalue weighted by molar-refractivity contribution is 6.14. The summed E-state index contributed by atoms with van der Waals surface area (Å²) >= 11 is 0. The largest absolute Gasteiger partial charge is 0.507 e. The van der Waals surface area contributed by atoms with Gasteiger partial charge in [-0.3, -0.25) is 4.79 Å². The Labute approximate surface area is 122 Å². The summed E-state index contributed by atoms with van der Waals surface area (Å²) in [5.41, 5.74) is 1.08. The number of nitrogens with one attached hydrogen (secondary N) is 1. The molecule has 2 aromatic carbocycles. The zero-order chi connectivity index (χ0) is 14.8. The minimum Gasteiger partial charge on any atom is -0.507 e. The van der Waals surface area contributed by atoms with Crippen LogP contribution in [-0.4, -0.2) is 16.0 Å². The number of carbonyl (C=O) groups excluding carboxylic acids is 1. The molecule has 0 spiro atoms. The highest BCUT2D eigenvalue weighted by Gasteiger charge is 2.15. The maximum absolute atomic E-state index is 12.4. The SMILES string of the molecule is Cc1cccc(NC(=O)c2c(O)ccc3ccccc23)n1. The zero-order valence-electron chi connectivity index (χ0n) is 11.5. The molecule has 0 radical (unpaired) electrons. The number of aryl methyl sites for hydroxylation is 1. The van der Waals surface area contributed by atoms with Crippen LogP contribution >= 0.6 is 0 Å². The van der Waals surface area contributed by atoms with E-state index < -0.39 is 0 Å². The number of phenolic OH excluding ortho intramolecular Hbond substituents is 1. The van der Waals surface area contributed by atoms with Gasteiger partial charge in [0.2, 0.25) is 0 Å². The number of pyridine rings is 1. The number of hydrogen-bond acceptors (Lipinski definition) is 3. The number of aromatic nitrogens is 1.